The van der Waals surface area contributed by atoms with Crippen LogP contribution in [0.3, 0.4) is 0 Å². The standard InChI is InChI=1S/C10H12N2O2.ClH/c1-12-5-4-8-7(6-12)2-3-9(11-8)10(13)14;/h2-3H,4-6H2,1H3,(H,13,14);1H. The topological polar surface area (TPSA) is 53.4 Å². The summed E-state index contributed by atoms with van der Waals surface area (Å²) in [6.07, 6.45) is 0.840. The van der Waals surface area contributed by atoms with Gasteiger partial charge in [-0.15, -0.1) is 12.4 Å². The van der Waals surface area contributed by atoms with E-state index in [-0.39, 0.29) is 18.1 Å². The molecule has 4 nitrogen and oxygen atoms in total. The van der Waals surface area contributed by atoms with E-state index in [9.17, 15) is 4.79 Å². The maximum atomic E-state index is 10.7. The third-order valence-corrected chi connectivity index (χ3v) is 2.46. The van der Waals surface area contributed by atoms with Gasteiger partial charge in [0.05, 0.1) is 0 Å². The second kappa shape index (κ2) is 4.59. The lowest BCUT2D eigenvalue weighted by molar-refractivity contribution is 0.0690. The van der Waals surface area contributed by atoms with Crippen molar-refractivity contribution in [2.75, 3.05) is 13.6 Å². The number of likely N-dealkylation sites (N-methyl/N-ethyl adjacent to an activating group) is 1. The van der Waals surface area contributed by atoms with E-state index in [4.69, 9.17) is 5.11 Å². The Labute approximate surface area is 94.3 Å². The van der Waals surface area contributed by atoms with Crippen LogP contribution in [-0.2, 0) is 13.0 Å². The van der Waals surface area contributed by atoms with Crippen LogP contribution in [0, 0.1) is 0 Å². The number of halogens is 1. The fourth-order valence-electron chi connectivity index (χ4n) is 1.68. The van der Waals surface area contributed by atoms with Gasteiger partial charge >= 0.3 is 5.97 Å². The van der Waals surface area contributed by atoms with Crippen LogP contribution in [0.2, 0.25) is 0 Å². The first-order valence-electron chi connectivity index (χ1n) is 4.57. The molecule has 0 amide bonds. The number of pyridine rings is 1. The maximum absolute atomic E-state index is 10.7. The van der Waals surface area contributed by atoms with Gasteiger partial charge in [-0.2, -0.15) is 0 Å². The highest BCUT2D eigenvalue weighted by atomic mass is 35.5. The smallest absolute Gasteiger partial charge is 0.354 e. The summed E-state index contributed by atoms with van der Waals surface area (Å²) in [5, 5.41) is 8.77. The first kappa shape index (κ1) is 11.9. The van der Waals surface area contributed by atoms with E-state index in [1.54, 1.807) is 6.07 Å². The van der Waals surface area contributed by atoms with Gasteiger partial charge in [-0.25, -0.2) is 9.78 Å². The molecule has 0 atom stereocenters. The molecule has 2 heterocycles. The highest BCUT2D eigenvalue weighted by molar-refractivity contribution is 5.85. The minimum Gasteiger partial charge on any atom is -0.477 e. The Balaban J connectivity index is 0.00000112. The van der Waals surface area contributed by atoms with Crippen molar-refractivity contribution in [3.05, 3.63) is 29.1 Å². The van der Waals surface area contributed by atoms with Gasteiger partial charge in [0, 0.05) is 25.2 Å². The molecule has 1 N–H and O–H groups in total. The minimum atomic E-state index is -0.952. The zero-order valence-corrected chi connectivity index (χ0v) is 9.25. The molecule has 0 aliphatic carbocycles. The van der Waals surface area contributed by atoms with E-state index >= 15 is 0 Å². The first-order chi connectivity index (χ1) is 6.66. The van der Waals surface area contributed by atoms with E-state index in [2.05, 4.69) is 9.88 Å². The lowest BCUT2D eigenvalue weighted by Crippen LogP contribution is -2.27. The number of fused-ring (bicyclic) bond motifs is 1. The highest BCUT2D eigenvalue weighted by Gasteiger charge is 2.16. The normalized spacial score (nSPS) is 15.3. The molecule has 0 radical (unpaired) electrons. The van der Waals surface area contributed by atoms with Crippen LogP contribution in [0.1, 0.15) is 21.7 Å². The molecule has 2 rings (SSSR count). The van der Waals surface area contributed by atoms with E-state index in [0.29, 0.717) is 0 Å². The number of carboxylic acids is 1. The molecule has 5 heteroatoms. The average Bonchev–Trinajstić information content (AvgIpc) is 2.16. The third-order valence-electron chi connectivity index (χ3n) is 2.46. The van der Waals surface area contributed by atoms with Crippen molar-refractivity contribution in [2.24, 2.45) is 0 Å². The number of nitrogens with zero attached hydrogens (tertiary/aromatic N) is 2. The fourth-order valence-corrected chi connectivity index (χ4v) is 1.68. The number of aromatic carboxylic acids is 1. The molecule has 0 saturated heterocycles. The number of rotatable bonds is 1. The van der Waals surface area contributed by atoms with Gasteiger partial charge in [-0.3, -0.25) is 0 Å². The molecule has 1 aromatic rings. The number of carboxylic acid groups (broad SMARTS) is 1. The van der Waals surface area contributed by atoms with Crippen LogP contribution in [0.4, 0.5) is 0 Å². The van der Waals surface area contributed by atoms with Crippen LogP contribution in [0.5, 0.6) is 0 Å². The van der Waals surface area contributed by atoms with Crippen LogP contribution in [0.25, 0.3) is 0 Å². The fraction of sp³-hybridized carbons (Fsp3) is 0.400. The zero-order chi connectivity index (χ0) is 10.1. The molecule has 0 unspecified atom stereocenters. The predicted octanol–water partition coefficient (Wildman–Crippen LogP) is 1.19. The second-order valence-electron chi connectivity index (χ2n) is 3.60. The summed E-state index contributed by atoms with van der Waals surface area (Å²) in [4.78, 5) is 17.0. The Hall–Kier alpha value is -1.13. The second-order valence-corrected chi connectivity index (χ2v) is 3.60. The van der Waals surface area contributed by atoms with Crippen molar-refractivity contribution in [2.45, 2.75) is 13.0 Å². The van der Waals surface area contributed by atoms with Crippen LogP contribution >= 0.6 is 12.4 Å². The van der Waals surface area contributed by atoms with Gasteiger partial charge in [0.15, 0.2) is 0 Å². The zero-order valence-electron chi connectivity index (χ0n) is 8.43. The van der Waals surface area contributed by atoms with Gasteiger partial charge < -0.3 is 10.0 Å². The number of hydrogen-bond acceptors (Lipinski definition) is 3. The van der Waals surface area contributed by atoms with Crippen molar-refractivity contribution in [3.8, 4) is 0 Å². The Bertz CT molecular complexity index is 382. The lowest BCUT2D eigenvalue weighted by atomic mass is 10.1. The summed E-state index contributed by atoms with van der Waals surface area (Å²) >= 11 is 0. The van der Waals surface area contributed by atoms with Crippen molar-refractivity contribution < 1.29 is 9.90 Å². The highest BCUT2D eigenvalue weighted by Crippen LogP contribution is 2.16. The predicted molar refractivity (Wildman–Crippen MR) is 58.5 cm³/mol. The Kier molecular flexibility index (Phi) is 3.66. The van der Waals surface area contributed by atoms with Crippen LogP contribution in [0.15, 0.2) is 12.1 Å². The van der Waals surface area contributed by atoms with E-state index < -0.39 is 5.97 Å². The summed E-state index contributed by atoms with van der Waals surface area (Å²) < 4.78 is 0. The monoisotopic (exact) mass is 228 g/mol. The quantitative estimate of drug-likeness (QED) is 0.785. The molecular weight excluding hydrogens is 216 g/mol. The molecule has 15 heavy (non-hydrogen) atoms. The minimum absolute atomic E-state index is 0. The number of hydrogen-bond donors (Lipinski definition) is 1. The van der Waals surface area contributed by atoms with E-state index in [0.717, 1.165) is 30.8 Å². The van der Waals surface area contributed by atoms with Crippen LogP contribution in [-0.4, -0.2) is 34.6 Å². The van der Waals surface area contributed by atoms with Crippen molar-refractivity contribution in [3.63, 3.8) is 0 Å². The van der Waals surface area contributed by atoms with Crippen LogP contribution < -0.4 is 0 Å². The molecule has 0 bridgehead atoms. The third kappa shape index (κ3) is 2.46. The average molecular weight is 229 g/mol. The summed E-state index contributed by atoms with van der Waals surface area (Å²) in [6.45, 7) is 1.81. The van der Waals surface area contributed by atoms with E-state index in [1.165, 1.54) is 0 Å². The van der Waals surface area contributed by atoms with Gasteiger partial charge in [0.2, 0.25) is 0 Å². The van der Waals surface area contributed by atoms with Gasteiger partial charge in [-0.05, 0) is 18.7 Å². The lowest BCUT2D eigenvalue weighted by Gasteiger charge is -2.23. The molecule has 0 fully saturated rings. The first-order valence-corrected chi connectivity index (χ1v) is 4.57. The molecule has 1 aliphatic rings. The summed E-state index contributed by atoms with van der Waals surface area (Å²) in [6, 6.07) is 3.43. The van der Waals surface area contributed by atoms with Crippen molar-refractivity contribution in [1.29, 1.82) is 0 Å². The molecule has 1 aliphatic heterocycles. The maximum Gasteiger partial charge on any atom is 0.354 e. The number of carbonyl (C=O) groups is 1. The van der Waals surface area contributed by atoms with Crippen molar-refractivity contribution >= 4 is 18.4 Å². The summed E-state index contributed by atoms with van der Waals surface area (Å²) in [5.41, 5.74) is 2.22. The number of aromatic nitrogens is 1. The Morgan fingerprint density at radius 1 is 1.53 bits per heavy atom. The van der Waals surface area contributed by atoms with Gasteiger partial charge in [-0.1, -0.05) is 6.07 Å². The molecule has 1 aromatic heterocycles. The SMILES string of the molecule is CN1CCc2nc(C(=O)O)ccc2C1.Cl. The molecular formula is C10H13ClN2O2. The van der Waals surface area contributed by atoms with Crippen molar-refractivity contribution in [1.82, 2.24) is 9.88 Å². The Morgan fingerprint density at radius 2 is 2.27 bits per heavy atom. The summed E-state index contributed by atoms with van der Waals surface area (Å²) in [5.74, 6) is -0.952. The molecule has 82 valence electrons. The molecule has 0 spiro atoms. The molecule has 0 aromatic carbocycles. The molecule has 0 saturated carbocycles. The Morgan fingerprint density at radius 3 is 2.93 bits per heavy atom. The largest absolute Gasteiger partial charge is 0.477 e. The van der Waals surface area contributed by atoms with Gasteiger partial charge in [0.25, 0.3) is 0 Å². The van der Waals surface area contributed by atoms with Gasteiger partial charge in [0.1, 0.15) is 5.69 Å². The summed E-state index contributed by atoms with van der Waals surface area (Å²) in [7, 11) is 2.05. The van der Waals surface area contributed by atoms with E-state index in [1.807, 2.05) is 13.1 Å².